The monoisotopic (exact) mass is 157 g/mol. The highest BCUT2D eigenvalue weighted by molar-refractivity contribution is 5.86. The second kappa shape index (κ2) is 3.07. The predicted molar refractivity (Wildman–Crippen MR) is 35.5 cm³/mol. The highest BCUT2D eigenvalue weighted by Gasteiger charge is 2.09. The summed E-state index contributed by atoms with van der Waals surface area (Å²) >= 11 is 0. The highest BCUT2D eigenvalue weighted by atomic mass is 16.5. The second-order valence-electron chi connectivity index (χ2n) is 1.77. The van der Waals surface area contributed by atoms with Crippen LogP contribution in [-0.4, -0.2) is 18.3 Å². The summed E-state index contributed by atoms with van der Waals surface area (Å²) in [6.45, 7) is 0. The van der Waals surface area contributed by atoms with E-state index in [9.17, 15) is 4.79 Å². The summed E-state index contributed by atoms with van der Waals surface area (Å²) in [4.78, 5) is 10.7. The summed E-state index contributed by atoms with van der Waals surface area (Å²) in [7, 11) is 1.25. The Morgan fingerprint density at radius 3 is 2.91 bits per heavy atom. The minimum absolute atomic E-state index is 0.0454. The van der Waals surface area contributed by atoms with Gasteiger partial charge in [-0.05, 0) is 6.07 Å². The fourth-order valence-electron chi connectivity index (χ4n) is 0.608. The first kappa shape index (κ1) is 7.62. The van der Waals surface area contributed by atoms with E-state index in [4.69, 9.17) is 9.62 Å². The van der Waals surface area contributed by atoms with E-state index in [0.29, 0.717) is 0 Å². The fraction of sp³-hybridized carbons (Fsp3) is 0.167. The molecule has 0 spiro atoms. The van der Waals surface area contributed by atoms with Gasteiger partial charge in [0, 0.05) is 6.07 Å². The summed E-state index contributed by atoms with van der Waals surface area (Å²) in [5, 5.41) is 8.31. The Labute approximate surface area is 62.5 Å². The Bertz CT molecular complexity index is 255. The molecule has 0 saturated heterocycles. The Morgan fingerprint density at radius 2 is 2.45 bits per heavy atom. The zero-order valence-corrected chi connectivity index (χ0v) is 5.83. The maximum Gasteiger partial charge on any atom is 0.374 e. The van der Waals surface area contributed by atoms with E-state index in [1.807, 2.05) is 0 Å². The molecule has 0 aliphatic carbocycles. The van der Waals surface area contributed by atoms with Crippen LogP contribution < -0.4 is 5.48 Å². The van der Waals surface area contributed by atoms with Gasteiger partial charge in [-0.3, -0.25) is 5.21 Å². The van der Waals surface area contributed by atoms with E-state index in [1.54, 1.807) is 5.48 Å². The van der Waals surface area contributed by atoms with E-state index in [1.165, 1.54) is 19.2 Å². The highest BCUT2D eigenvalue weighted by Crippen LogP contribution is 2.12. The molecule has 2 N–H and O–H groups in total. The predicted octanol–water partition coefficient (Wildman–Crippen LogP) is 0.867. The van der Waals surface area contributed by atoms with Crippen LogP contribution in [0.3, 0.4) is 0 Å². The number of hydrogen-bond acceptors (Lipinski definition) is 5. The SMILES string of the molecule is COC(=O)c1ccc(NO)o1. The van der Waals surface area contributed by atoms with Gasteiger partial charge in [-0.1, -0.05) is 0 Å². The van der Waals surface area contributed by atoms with Crippen LogP contribution in [0.4, 0.5) is 5.88 Å². The van der Waals surface area contributed by atoms with Crippen molar-refractivity contribution in [3.05, 3.63) is 17.9 Å². The van der Waals surface area contributed by atoms with Gasteiger partial charge in [-0.25, -0.2) is 10.3 Å². The minimum atomic E-state index is -0.577. The molecule has 0 aromatic carbocycles. The van der Waals surface area contributed by atoms with Gasteiger partial charge in [0.2, 0.25) is 11.6 Å². The van der Waals surface area contributed by atoms with Crippen LogP contribution in [0.1, 0.15) is 10.6 Å². The standard InChI is InChI=1S/C6H7NO4/c1-10-6(8)4-2-3-5(7-9)11-4/h2-3,7,9H,1H3. The average molecular weight is 157 g/mol. The van der Waals surface area contributed by atoms with Crippen LogP contribution in [-0.2, 0) is 4.74 Å². The number of nitrogens with one attached hydrogen (secondary N) is 1. The van der Waals surface area contributed by atoms with Gasteiger partial charge in [0.25, 0.3) is 0 Å². The van der Waals surface area contributed by atoms with E-state index < -0.39 is 5.97 Å². The molecule has 0 amide bonds. The molecule has 60 valence electrons. The van der Waals surface area contributed by atoms with E-state index in [2.05, 4.69) is 4.74 Å². The number of carbonyl (C=O) groups is 1. The molecular formula is C6H7NO4. The summed E-state index contributed by atoms with van der Waals surface area (Å²) < 4.78 is 9.10. The summed E-state index contributed by atoms with van der Waals surface area (Å²) in [6, 6.07) is 2.80. The molecule has 0 unspecified atom stereocenters. The number of ether oxygens (including phenoxy) is 1. The Hall–Kier alpha value is -1.49. The zero-order valence-electron chi connectivity index (χ0n) is 5.83. The van der Waals surface area contributed by atoms with Crippen LogP contribution in [0, 0.1) is 0 Å². The molecule has 0 fully saturated rings. The maximum absolute atomic E-state index is 10.7. The van der Waals surface area contributed by atoms with Crippen LogP contribution in [0.2, 0.25) is 0 Å². The molecule has 0 aliphatic rings. The van der Waals surface area contributed by atoms with Crippen molar-refractivity contribution in [3.63, 3.8) is 0 Å². The number of carbonyl (C=O) groups excluding carboxylic acids is 1. The van der Waals surface area contributed by atoms with Crippen molar-refractivity contribution in [3.8, 4) is 0 Å². The van der Waals surface area contributed by atoms with Gasteiger partial charge in [0.1, 0.15) is 0 Å². The lowest BCUT2D eigenvalue weighted by atomic mass is 10.5. The van der Waals surface area contributed by atoms with Gasteiger partial charge in [-0.15, -0.1) is 0 Å². The van der Waals surface area contributed by atoms with Crippen molar-refractivity contribution in [2.75, 3.05) is 12.6 Å². The maximum atomic E-state index is 10.7. The molecule has 0 atom stereocenters. The van der Waals surface area contributed by atoms with Crippen LogP contribution in [0.15, 0.2) is 16.5 Å². The smallest absolute Gasteiger partial charge is 0.374 e. The number of methoxy groups -OCH3 is 1. The second-order valence-corrected chi connectivity index (χ2v) is 1.77. The lowest BCUT2D eigenvalue weighted by molar-refractivity contribution is 0.0565. The van der Waals surface area contributed by atoms with Crippen molar-refractivity contribution >= 4 is 11.9 Å². The van der Waals surface area contributed by atoms with Crippen molar-refractivity contribution in [2.24, 2.45) is 0 Å². The molecule has 1 aromatic rings. The van der Waals surface area contributed by atoms with Crippen LogP contribution in [0.5, 0.6) is 0 Å². The van der Waals surface area contributed by atoms with E-state index in [-0.39, 0.29) is 11.6 Å². The summed E-state index contributed by atoms with van der Waals surface area (Å²) in [6.07, 6.45) is 0. The first-order valence-electron chi connectivity index (χ1n) is 2.86. The molecule has 1 heterocycles. The van der Waals surface area contributed by atoms with E-state index >= 15 is 0 Å². The van der Waals surface area contributed by atoms with Crippen molar-refractivity contribution in [1.29, 1.82) is 0 Å². The molecule has 1 aromatic heterocycles. The zero-order chi connectivity index (χ0) is 8.27. The lowest BCUT2D eigenvalue weighted by Crippen LogP contribution is -1.98. The third kappa shape index (κ3) is 1.50. The van der Waals surface area contributed by atoms with Gasteiger partial charge < -0.3 is 9.15 Å². The minimum Gasteiger partial charge on any atom is -0.463 e. The molecular weight excluding hydrogens is 150 g/mol. The normalized spacial score (nSPS) is 9.27. The topological polar surface area (TPSA) is 71.7 Å². The molecule has 1 rings (SSSR count). The molecule has 5 nitrogen and oxygen atoms in total. The average Bonchev–Trinajstić information content (AvgIpc) is 2.50. The van der Waals surface area contributed by atoms with Crippen LogP contribution >= 0.6 is 0 Å². The number of anilines is 1. The number of hydrogen-bond donors (Lipinski definition) is 2. The number of furan rings is 1. The van der Waals surface area contributed by atoms with Gasteiger partial charge in [0.15, 0.2) is 0 Å². The molecule has 0 radical (unpaired) electrons. The third-order valence-electron chi connectivity index (χ3n) is 1.10. The van der Waals surface area contributed by atoms with Gasteiger partial charge >= 0.3 is 5.97 Å². The number of esters is 1. The largest absolute Gasteiger partial charge is 0.463 e. The molecule has 0 bridgehead atoms. The van der Waals surface area contributed by atoms with Gasteiger partial charge in [-0.2, -0.15) is 0 Å². The van der Waals surface area contributed by atoms with Crippen molar-refractivity contribution in [2.45, 2.75) is 0 Å². The van der Waals surface area contributed by atoms with Gasteiger partial charge in [0.05, 0.1) is 7.11 Å². The molecule has 0 saturated carbocycles. The Balaban J connectivity index is 2.80. The lowest BCUT2D eigenvalue weighted by Gasteiger charge is -1.92. The van der Waals surface area contributed by atoms with Crippen molar-refractivity contribution in [1.82, 2.24) is 0 Å². The van der Waals surface area contributed by atoms with E-state index in [0.717, 1.165) is 0 Å². The number of rotatable bonds is 2. The summed E-state index contributed by atoms with van der Waals surface area (Å²) in [5.74, 6) is -0.430. The molecule has 11 heavy (non-hydrogen) atoms. The quantitative estimate of drug-likeness (QED) is 0.492. The first-order chi connectivity index (χ1) is 5.27. The fourth-order valence-corrected chi connectivity index (χ4v) is 0.608. The summed E-state index contributed by atoms with van der Waals surface area (Å²) in [5.41, 5.74) is 1.75. The first-order valence-corrected chi connectivity index (χ1v) is 2.86. The third-order valence-corrected chi connectivity index (χ3v) is 1.10. The van der Waals surface area contributed by atoms with Crippen molar-refractivity contribution < 1.29 is 19.2 Å². The Kier molecular flexibility index (Phi) is 2.12. The molecule has 5 heteroatoms. The Morgan fingerprint density at radius 1 is 1.73 bits per heavy atom. The van der Waals surface area contributed by atoms with Crippen LogP contribution in [0.25, 0.3) is 0 Å². The molecule has 0 aliphatic heterocycles.